The van der Waals surface area contributed by atoms with E-state index in [4.69, 9.17) is 22.6 Å². The molecule has 0 radical (unpaired) electrons. The predicted octanol–water partition coefficient (Wildman–Crippen LogP) is 2.41. The third kappa shape index (κ3) is 6.00. The van der Waals surface area contributed by atoms with Gasteiger partial charge in [0.1, 0.15) is 5.75 Å². The second-order valence-electron chi connectivity index (χ2n) is 3.36. The summed E-state index contributed by atoms with van der Waals surface area (Å²) in [6.45, 7) is 0. The Kier molecular flexibility index (Phi) is 4.85. The molecule has 0 aliphatic heterocycles. The minimum atomic E-state index is -4.67. The lowest BCUT2D eigenvalue weighted by molar-refractivity contribution is 0.381. The Hall–Kier alpha value is -1.89. The van der Waals surface area contributed by atoms with Crippen LogP contribution in [0.25, 0.3) is 11.1 Å². The van der Waals surface area contributed by atoms with E-state index in [1.54, 1.807) is 12.1 Å². The number of hydrogen-bond acceptors (Lipinski definition) is 3. The van der Waals surface area contributed by atoms with Gasteiger partial charge in [-0.05, 0) is 23.3 Å². The lowest BCUT2D eigenvalue weighted by atomic mass is 10.1. The molecule has 0 saturated carbocycles. The number of benzene rings is 2. The van der Waals surface area contributed by atoms with Crippen molar-refractivity contribution in [3.05, 3.63) is 54.6 Å². The van der Waals surface area contributed by atoms with Gasteiger partial charge < -0.3 is 5.11 Å². The SMILES string of the molecule is O=S(=O)(O)O.Oc1ccc(-c2ccccc2)cc1. The molecule has 0 amide bonds. The molecule has 0 aliphatic rings. The molecule has 2 aromatic rings. The van der Waals surface area contributed by atoms with Gasteiger partial charge in [0, 0.05) is 0 Å². The fraction of sp³-hybridized carbons (Fsp3) is 0. The highest BCUT2D eigenvalue weighted by Crippen LogP contribution is 2.20. The van der Waals surface area contributed by atoms with Crippen LogP contribution in [0.4, 0.5) is 0 Å². The van der Waals surface area contributed by atoms with Crippen molar-refractivity contribution in [1.82, 2.24) is 0 Å². The summed E-state index contributed by atoms with van der Waals surface area (Å²) in [6, 6.07) is 17.3. The Morgan fingerprint density at radius 2 is 1.11 bits per heavy atom. The van der Waals surface area contributed by atoms with E-state index >= 15 is 0 Å². The Balaban J connectivity index is 0.000000280. The van der Waals surface area contributed by atoms with E-state index in [0.717, 1.165) is 5.56 Å². The van der Waals surface area contributed by atoms with Crippen LogP contribution in [0.5, 0.6) is 5.75 Å². The van der Waals surface area contributed by atoms with Gasteiger partial charge in [-0.2, -0.15) is 8.42 Å². The highest BCUT2D eigenvalue weighted by Gasteiger charge is 1.94. The number of hydrogen-bond donors (Lipinski definition) is 3. The average molecular weight is 268 g/mol. The Morgan fingerprint density at radius 3 is 1.56 bits per heavy atom. The van der Waals surface area contributed by atoms with Gasteiger partial charge in [0.2, 0.25) is 0 Å². The third-order valence-corrected chi connectivity index (χ3v) is 1.97. The minimum absolute atomic E-state index is 0.305. The molecule has 0 fully saturated rings. The zero-order valence-electron chi connectivity index (χ0n) is 9.26. The molecule has 0 heterocycles. The van der Waals surface area contributed by atoms with Crippen LogP contribution in [0.15, 0.2) is 54.6 Å². The standard InChI is InChI=1S/C12H10O.H2O4S/c13-12-8-6-11(7-9-12)10-4-2-1-3-5-10;1-5(2,3)4/h1-9,13H;(H2,1,2,3,4). The van der Waals surface area contributed by atoms with Crippen LogP contribution in [0.3, 0.4) is 0 Å². The number of aromatic hydroxyl groups is 1. The average Bonchev–Trinajstić information content (AvgIpc) is 2.29. The summed E-state index contributed by atoms with van der Waals surface area (Å²) in [6.07, 6.45) is 0. The van der Waals surface area contributed by atoms with Gasteiger partial charge in [-0.25, -0.2) is 0 Å². The Labute approximate surface area is 105 Å². The van der Waals surface area contributed by atoms with Gasteiger partial charge in [0.05, 0.1) is 0 Å². The zero-order chi connectivity index (χ0) is 13.6. The largest absolute Gasteiger partial charge is 0.508 e. The number of phenolic OH excluding ortho intramolecular Hbond substituents is 1. The monoisotopic (exact) mass is 268 g/mol. The maximum Gasteiger partial charge on any atom is 0.394 e. The Morgan fingerprint density at radius 1 is 0.722 bits per heavy atom. The van der Waals surface area contributed by atoms with Crippen LogP contribution in [-0.4, -0.2) is 22.6 Å². The van der Waals surface area contributed by atoms with Gasteiger partial charge in [0.25, 0.3) is 0 Å². The summed E-state index contributed by atoms with van der Waals surface area (Å²) >= 11 is 0. The summed E-state index contributed by atoms with van der Waals surface area (Å²) in [5.41, 5.74) is 2.29. The smallest absolute Gasteiger partial charge is 0.394 e. The van der Waals surface area contributed by atoms with E-state index in [2.05, 4.69) is 0 Å². The third-order valence-electron chi connectivity index (χ3n) is 1.97. The van der Waals surface area contributed by atoms with Crippen LogP contribution < -0.4 is 0 Å². The molecule has 0 atom stereocenters. The highest BCUT2D eigenvalue weighted by atomic mass is 32.3. The summed E-state index contributed by atoms with van der Waals surface area (Å²) in [5, 5.41) is 9.10. The van der Waals surface area contributed by atoms with Crippen molar-refractivity contribution in [2.75, 3.05) is 0 Å². The molecule has 0 unspecified atom stereocenters. The van der Waals surface area contributed by atoms with Crippen molar-refractivity contribution < 1.29 is 22.6 Å². The quantitative estimate of drug-likeness (QED) is 0.690. The minimum Gasteiger partial charge on any atom is -0.508 e. The first-order chi connectivity index (χ1) is 8.36. The second-order valence-corrected chi connectivity index (χ2v) is 4.26. The molecule has 0 bridgehead atoms. The molecule has 2 rings (SSSR count). The van der Waals surface area contributed by atoms with Crippen molar-refractivity contribution in [1.29, 1.82) is 0 Å². The van der Waals surface area contributed by atoms with E-state index in [9.17, 15) is 0 Å². The normalized spacial score (nSPS) is 10.3. The van der Waals surface area contributed by atoms with Gasteiger partial charge >= 0.3 is 10.4 Å². The van der Waals surface area contributed by atoms with Crippen LogP contribution in [-0.2, 0) is 10.4 Å². The molecule has 0 saturated heterocycles. The molecule has 0 aliphatic carbocycles. The molecular weight excluding hydrogens is 256 g/mol. The summed E-state index contributed by atoms with van der Waals surface area (Å²) in [4.78, 5) is 0. The molecule has 2 aromatic carbocycles. The van der Waals surface area contributed by atoms with Crippen LogP contribution in [0.1, 0.15) is 0 Å². The van der Waals surface area contributed by atoms with Crippen molar-refractivity contribution in [3.63, 3.8) is 0 Å². The zero-order valence-corrected chi connectivity index (χ0v) is 10.1. The lowest BCUT2D eigenvalue weighted by Gasteiger charge is -2.00. The molecule has 3 N–H and O–H groups in total. The number of rotatable bonds is 1. The first kappa shape index (κ1) is 14.2. The lowest BCUT2D eigenvalue weighted by Crippen LogP contribution is -1.89. The summed E-state index contributed by atoms with van der Waals surface area (Å²) < 4.78 is 31.6. The van der Waals surface area contributed by atoms with Gasteiger partial charge in [-0.1, -0.05) is 42.5 Å². The molecular formula is C12H12O5S. The van der Waals surface area contributed by atoms with Crippen LogP contribution in [0.2, 0.25) is 0 Å². The molecule has 6 heteroatoms. The highest BCUT2D eigenvalue weighted by molar-refractivity contribution is 7.79. The van der Waals surface area contributed by atoms with Crippen molar-refractivity contribution in [2.24, 2.45) is 0 Å². The predicted molar refractivity (Wildman–Crippen MR) is 67.7 cm³/mol. The maximum absolute atomic E-state index is 9.10. The van der Waals surface area contributed by atoms with Crippen molar-refractivity contribution in [3.8, 4) is 16.9 Å². The van der Waals surface area contributed by atoms with Crippen molar-refractivity contribution >= 4 is 10.4 Å². The maximum atomic E-state index is 9.10. The molecule has 18 heavy (non-hydrogen) atoms. The van der Waals surface area contributed by atoms with Crippen LogP contribution in [0, 0.1) is 0 Å². The van der Waals surface area contributed by atoms with E-state index in [-0.39, 0.29) is 0 Å². The second kappa shape index (κ2) is 6.15. The van der Waals surface area contributed by atoms with E-state index in [0.29, 0.717) is 5.75 Å². The van der Waals surface area contributed by atoms with Gasteiger partial charge in [0.15, 0.2) is 0 Å². The Bertz CT molecular complexity index is 568. The van der Waals surface area contributed by atoms with Crippen LogP contribution >= 0.6 is 0 Å². The fourth-order valence-corrected chi connectivity index (χ4v) is 1.28. The van der Waals surface area contributed by atoms with E-state index in [1.165, 1.54) is 5.56 Å². The van der Waals surface area contributed by atoms with E-state index < -0.39 is 10.4 Å². The number of phenols is 1. The van der Waals surface area contributed by atoms with Gasteiger partial charge in [-0.15, -0.1) is 0 Å². The topological polar surface area (TPSA) is 94.8 Å². The summed E-state index contributed by atoms with van der Waals surface area (Å²) in [5.74, 6) is 0.305. The fourth-order valence-electron chi connectivity index (χ4n) is 1.28. The van der Waals surface area contributed by atoms with Crippen molar-refractivity contribution in [2.45, 2.75) is 0 Å². The molecule has 0 aromatic heterocycles. The molecule has 96 valence electrons. The van der Waals surface area contributed by atoms with Gasteiger partial charge in [-0.3, -0.25) is 9.11 Å². The molecule has 0 spiro atoms. The van der Waals surface area contributed by atoms with E-state index in [1.807, 2.05) is 42.5 Å². The molecule has 5 nitrogen and oxygen atoms in total. The first-order valence-corrected chi connectivity index (χ1v) is 6.30. The first-order valence-electron chi connectivity index (χ1n) is 4.90. The summed E-state index contributed by atoms with van der Waals surface area (Å²) in [7, 11) is -4.67.